The number of ether oxygens (including phenoxy) is 2. The van der Waals surface area contributed by atoms with Crippen LogP contribution >= 0.6 is 0 Å². The van der Waals surface area contributed by atoms with Gasteiger partial charge in [0, 0.05) is 32.1 Å². The molecule has 0 radical (unpaired) electrons. The molecule has 3 aliphatic rings. The van der Waals surface area contributed by atoms with Gasteiger partial charge >= 0.3 is 0 Å². The second-order valence-electron chi connectivity index (χ2n) is 8.91. The van der Waals surface area contributed by atoms with Crippen LogP contribution in [0.15, 0.2) is 24.3 Å². The quantitative estimate of drug-likeness (QED) is 0.667. The van der Waals surface area contributed by atoms with E-state index in [2.05, 4.69) is 43.0 Å². The molecule has 4 atom stereocenters. The highest BCUT2D eigenvalue weighted by Crippen LogP contribution is 2.39. The topological polar surface area (TPSA) is 42.0 Å². The van der Waals surface area contributed by atoms with Crippen molar-refractivity contribution in [3.8, 4) is 5.75 Å². The van der Waals surface area contributed by atoms with Crippen molar-refractivity contribution in [2.45, 2.75) is 64.7 Å². The molecule has 2 bridgehead atoms. The fourth-order valence-electron chi connectivity index (χ4n) is 5.31. The van der Waals surface area contributed by atoms with Crippen LogP contribution in [-0.4, -0.2) is 60.7 Å². The van der Waals surface area contributed by atoms with Crippen molar-refractivity contribution >= 4 is 5.91 Å². The van der Waals surface area contributed by atoms with E-state index in [1.54, 1.807) is 0 Å². The normalized spacial score (nSPS) is 29.2. The maximum atomic E-state index is 12.7. The van der Waals surface area contributed by atoms with Crippen LogP contribution in [0.4, 0.5) is 0 Å². The van der Waals surface area contributed by atoms with E-state index < -0.39 is 0 Å². The lowest BCUT2D eigenvalue weighted by Crippen LogP contribution is -2.44. The fourth-order valence-corrected chi connectivity index (χ4v) is 5.31. The molecule has 1 aromatic carbocycles. The van der Waals surface area contributed by atoms with Gasteiger partial charge in [0.1, 0.15) is 5.75 Å². The molecule has 5 nitrogen and oxygen atoms in total. The van der Waals surface area contributed by atoms with Crippen LogP contribution in [0.1, 0.15) is 51.5 Å². The largest absolute Gasteiger partial charge is 0.493 e. The Morgan fingerprint density at radius 1 is 1.24 bits per heavy atom. The third-order valence-corrected chi connectivity index (χ3v) is 6.93. The standard InChI is InChI=1S/C24H36N2O3/c1-3-26(4-2)24(27)19-8-6-12-25(16-19)15-18-7-5-9-21(13-18)28-17-20-14-22-10-11-23(20)29-22/h5,7,9,13,19-20,22-23H,3-4,6,8,10-12,14-17H2,1-2H3/t19?,20-,22+,23-/m1/s1. The molecule has 5 heteroatoms. The zero-order valence-electron chi connectivity index (χ0n) is 18.0. The Bertz CT molecular complexity index is 690. The number of likely N-dealkylation sites (tertiary alicyclic amines) is 1. The average molecular weight is 401 g/mol. The second kappa shape index (κ2) is 9.48. The van der Waals surface area contributed by atoms with Gasteiger partial charge in [0.25, 0.3) is 0 Å². The first-order chi connectivity index (χ1) is 14.2. The molecular formula is C24H36N2O3. The second-order valence-corrected chi connectivity index (χ2v) is 8.91. The predicted octanol–water partition coefficient (Wildman–Crippen LogP) is 3.71. The Morgan fingerprint density at radius 3 is 2.83 bits per heavy atom. The van der Waals surface area contributed by atoms with Crippen molar-refractivity contribution in [2.24, 2.45) is 11.8 Å². The van der Waals surface area contributed by atoms with Crippen LogP contribution in [-0.2, 0) is 16.1 Å². The van der Waals surface area contributed by atoms with E-state index in [4.69, 9.17) is 9.47 Å². The van der Waals surface area contributed by atoms with Crippen LogP contribution in [0.5, 0.6) is 5.75 Å². The van der Waals surface area contributed by atoms with Crippen LogP contribution in [0.3, 0.4) is 0 Å². The molecule has 3 fully saturated rings. The molecule has 0 N–H and O–H groups in total. The first-order valence-corrected chi connectivity index (χ1v) is 11.5. The highest BCUT2D eigenvalue weighted by Gasteiger charge is 2.40. The Balaban J connectivity index is 1.30. The maximum Gasteiger partial charge on any atom is 0.226 e. The molecule has 3 saturated heterocycles. The zero-order chi connectivity index (χ0) is 20.2. The Morgan fingerprint density at radius 2 is 2.10 bits per heavy atom. The average Bonchev–Trinajstić information content (AvgIpc) is 3.37. The monoisotopic (exact) mass is 400 g/mol. The lowest BCUT2D eigenvalue weighted by atomic mass is 9.90. The van der Waals surface area contributed by atoms with Crippen LogP contribution < -0.4 is 4.74 Å². The van der Waals surface area contributed by atoms with Crippen molar-refractivity contribution in [2.75, 3.05) is 32.8 Å². The number of carbonyl (C=O) groups is 1. The third-order valence-electron chi connectivity index (χ3n) is 6.93. The first-order valence-electron chi connectivity index (χ1n) is 11.5. The molecule has 0 aliphatic carbocycles. The Kier molecular flexibility index (Phi) is 6.76. The zero-order valence-corrected chi connectivity index (χ0v) is 18.0. The van der Waals surface area contributed by atoms with Gasteiger partial charge in [0.15, 0.2) is 0 Å². The number of carbonyl (C=O) groups excluding carboxylic acids is 1. The van der Waals surface area contributed by atoms with E-state index in [9.17, 15) is 4.79 Å². The summed E-state index contributed by atoms with van der Waals surface area (Å²) in [6.45, 7) is 9.31. The van der Waals surface area contributed by atoms with Gasteiger partial charge in [-0.1, -0.05) is 12.1 Å². The molecule has 0 spiro atoms. The minimum absolute atomic E-state index is 0.140. The van der Waals surface area contributed by atoms with E-state index >= 15 is 0 Å². The van der Waals surface area contributed by atoms with Gasteiger partial charge in [-0.3, -0.25) is 9.69 Å². The number of fused-ring (bicyclic) bond motifs is 2. The van der Waals surface area contributed by atoms with Gasteiger partial charge < -0.3 is 14.4 Å². The van der Waals surface area contributed by atoms with Crippen molar-refractivity contribution in [3.63, 3.8) is 0 Å². The smallest absolute Gasteiger partial charge is 0.226 e. The van der Waals surface area contributed by atoms with Crippen molar-refractivity contribution in [1.29, 1.82) is 0 Å². The van der Waals surface area contributed by atoms with Crippen molar-refractivity contribution < 1.29 is 14.3 Å². The first kappa shape index (κ1) is 20.7. The van der Waals surface area contributed by atoms with Crippen LogP contribution in [0, 0.1) is 11.8 Å². The van der Waals surface area contributed by atoms with Crippen molar-refractivity contribution in [3.05, 3.63) is 29.8 Å². The number of hydrogen-bond acceptors (Lipinski definition) is 4. The highest BCUT2D eigenvalue weighted by molar-refractivity contribution is 5.79. The lowest BCUT2D eigenvalue weighted by molar-refractivity contribution is -0.137. The summed E-state index contributed by atoms with van der Waals surface area (Å²) in [7, 11) is 0. The van der Waals surface area contributed by atoms with Gasteiger partial charge in [0.2, 0.25) is 5.91 Å². The number of piperidine rings is 1. The summed E-state index contributed by atoms with van der Waals surface area (Å²) < 4.78 is 12.1. The number of rotatable bonds is 8. The van der Waals surface area contributed by atoms with Gasteiger partial charge in [0.05, 0.1) is 24.7 Å². The minimum Gasteiger partial charge on any atom is -0.493 e. The van der Waals surface area contributed by atoms with E-state index in [0.29, 0.717) is 24.0 Å². The Labute approximate surface area is 175 Å². The van der Waals surface area contributed by atoms with Crippen LogP contribution in [0.25, 0.3) is 0 Å². The molecule has 0 aromatic heterocycles. The molecule has 1 aromatic rings. The summed E-state index contributed by atoms with van der Waals surface area (Å²) in [5, 5.41) is 0. The summed E-state index contributed by atoms with van der Waals surface area (Å²) >= 11 is 0. The van der Waals surface area contributed by atoms with Gasteiger partial charge in [-0.15, -0.1) is 0 Å². The Hall–Kier alpha value is -1.59. The summed E-state index contributed by atoms with van der Waals surface area (Å²) in [6.07, 6.45) is 6.58. The van der Waals surface area contributed by atoms with E-state index in [1.165, 1.54) is 18.4 Å². The lowest BCUT2D eigenvalue weighted by Gasteiger charge is -2.34. The molecule has 1 unspecified atom stereocenters. The molecule has 160 valence electrons. The number of nitrogens with zero attached hydrogens (tertiary/aromatic N) is 2. The van der Waals surface area contributed by atoms with E-state index in [-0.39, 0.29) is 5.92 Å². The highest BCUT2D eigenvalue weighted by atomic mass is 16.5. The summed E-state index contributed by atoms with van der Waals surface area (Å²) in [5.74, 6) is 1.97. The molecule has 3 aliphatic heterocycles. The minimum atomic E-state index is 0.140. The molecule has 3 heterocycles. The predicted molar refractivity (Wildman–Crippen MR) is 114 cm³/mol. The molecule has 4 rings (SSSR count). The van der Waals surface area contributed by atoms with Gasteiger partial charge in [-0.25, -0.2) is 0 Å². The maximum absolute atomic E-state index is 12.7. The van der Waals surface area contributed by atoms with Crippen molar-refractivity contribution in [1.82, 2.24) is 9.80 Å². The van der Waals surface area contributed by atoms with E-state index in [1.807, 2.05) is 4.90 Å². The third kappa shape index (κ3) is 4.95. The summed E-state index contributed by atoms with van der Waals surface area (Å²) in [4.78, 5) is 17.2. The van der Waals surface area contributed by atoms with E-state index in [0.717, 1.165) is 64.3 Å². The summed E-state index contributed by atoms with van der Waals surface area (Å²) in [5.41, 5.74) is 1.27. The molecule has 29 heavy (non-hydrogen) atoms. The summed E-state index contributed by atoms with van der Waals surface area (Å²) in [6, 6.07) is 8.48. The SMILES string of the molecule is CCN(CC)C(=O)C1CCCN(Cc2cccc(OC[C@H]3C[C@@H]4CC[C@H]3O4)c2)C1. The number of hydrogen-bond donors (Lipinski definition) is 0. The molecule has 1 amide bonds. The molecule has 0 saturated carbocycles. The number of amides is 1. The molecular weight excluding hydrogens is 364 g/mol. The fraction of sp³-hybridized carbons (Fsp3) is 0.708. The van der Waals surface area contributed by atoms with Gasteiger partial charge in [-0.2, -0.15) is 0 Å². The van der Waals surface area contributed by atoms with Gasteiger partial charge in [-0.05, 0) is 70.2 Å². The van der Waals surface area contributed by atoms with Crippen LogP contribution in [0.2, 0.25) is 0 Å². The number of benzene rings is 1.